The lowest BCUT2D eigenvalue weighted by Gasteiger charge is -2.12. The van der Waals surface area contributed by atoms with Gasteiger partial charge in [0.15, 0.2) is 11.5 Å². The monoisotopic (exact) mass is 430 g/mol. The highest BCUT2D eigenvalue weighted by Gasteiger charge is 2.17. The number of carbonyl (C=O) groups excluding carboxylic acids is 1. The van der Waals surface area contributed by atoms with Gasteiger partial charge in [-0.25, -0.2) is 4.79 Å². The van der Waals surface area contributed by atoms with Crippen molar-refractivity contribution in [3.8, 4) is 28.4 Å². The number of rotatable bonds is 5. The first kappa shape index (κ1) is 21.2. The summed E-state index contributed by atoms with van der Waals surface area (Å²) in [4.78, 5) is 25.7. The van der Waals surface area contributed by atoms with Gasteiger partial charge in [0.2, 0.25) is 5.43 Å². The third-order valence-electron chi connectivity index (χ3n) is 5.18. The Balaban J connectivity index is 1.72. The average Bonchev–Trinajstić information content (AvgIpc) is 2.78. The van der Waals surface area contributed by atoms with Crippen molar-refractivity contribution in [1.82, 2.24) is 0 Å². The Morgan fingerprint density at radius 2 is 1.66 bits per heavy atom. The lowest BCUT2D eigenvalue weighted by Crippen LogP contribution is -2.10. The second-order valence-electron chi connectivity index (χ2n) is 7.35. The second-order valence-corrected chi connectivity index (χ2v) is 7.35. The van der Waals surface area contributed by atoms with Crippen molar-refractivity contribution in [2.75, 3.05) is 14.2 Å². The molecule has 3 aromatic carbocycles. The van der Waals surface area contributed by atoms with Gasteiger partial charge in [-0.1, -0.05) is 23.8 Å². The Labute approximate surface area is 185 Å². The van der Waals surface area contributed by atoms with E-state index in [1.54, 1.807) is 68.6 Å². The number of hydrogen-bond acceptors (Lipinski definition) is 6. The molecule has 0 amide bonds. The smallest absolute Gasteiger partial charge is 0.343 e. The van der Waals surface area contributed by atoms with Gasteiger partial charge in [0.1, 0.15) is 17.1 Å². The topological polar surface area (TPSA) is 75.0 Å². The SMILES string of the molecule is COc1ccc(-c2c(C)oc3cc(OC(=O)c4cccc(C)c4)ccc3c2=O)cc1OC. The average molecular weight is 430 g/mol. The number of carbonyl (C=O) groups is 1. The quantitative estimate of drug-likeness (QED) is 0.315. The van der Waals surface area contributed by atoms with Crippen LogP contribution in [0.3, 0.4) is 0 Å². The molecule has 0 aliphatic rings. The number of fused-ring (bicyclic) bond motifs is 1. The standard InChI is InChI=1S/C26H22O6/c1-15-6-5-7-18(12-15)26(28)32-19-9-10-20-22(14-19)31-16(2)24(25(20)27)17-8-11-21(29-3)23(13-17)30-4/h5-14H,1-4H3. The molecule has 32 heavy (non-hydrogen) atoms. The second kappa shape index (κ2) is 8.59. The fraction of sp³-hybridized carbons (Fsp3) is 0.154. The first-order chi connectivity index (χ1) is 15.4. The predicted octanol–water partition coefficient (Wildman–Crippen LogP) is 5.31. The number of aryl methyl sites for hydroxylation is 2. The van der Waals surface area contributed by atoms with Crippen molar-refractivity contribution in [2.45, 2.75) is 13.8 Å². The van der Waals surface area contributed by atoms with Gasteiger partial charge in [0.25, 0.3) is 0 Å². The van der Waals surface area contributed by atoms with E-state index in [9.17, 15) is 9.59 Å². The summed E-state index contributed by atoms with van der Waals surface area (Å²) < 4.78 is 22.1. The molecule has 6 heteroatoms. The molecule has 0 saturated heterocycles. The van der Waals surface area contributed by atoms with Crippen LogP contribution in [-0.2, 0) is 0 Å². The maximum atomic E-state index is 13.3. The maximum absolute atomic E-state index is 13.3. The number of esters is 1. The van der Waals surface area contributed by atoms with E-state index < -0.39 is 5.97 Å². The molecule has 0 fully saturated rings. The Kier molecular flexibility index (Phi) is 5.69. The highest BCUT2D eigenvalue weighted by Crippen LogP contribution is 2.33. The molecule has 1 heterocycles. The summed E-state index contributed by atoms with van der Waals surface area (Å²) in [6.45, 7) is 3.62. The minimum Gasteiger partial charge on any atom is -0.493 e. The van der Waals surface area contributed by atoms with Crippen LogP contribution in [0.25, 0.3) is 22.1 Å². The first-order valence-electron chi connectivity index (χ1n) is 10.00. The molecule has 162 valence electrons. The number of benzene rings is 3. The lowest BCUT2D eigenvalue weighted by atomic mass is 10.0. The summed E-state index contributed by atoms with van der Waals surface area (Å²) in [6, 6.07) is 17.1. The number of ether oxygens (including phenoxy) is 3. The molecule has 0 unspecified atom stereocenters. The van der Waals surface area contributed by atoms with E-state index in [1.807, 2.05) is 13.0 Å². The summed E-state index contributed by atoms with van der Waals surface area (Å²) in [7, 11) is 3.09. The Bertz CT molecular complexity index is 1380. The Morgan fingerprint density at radius 3 is 2.38 bits per heavy atom. The van der Waals surface area contributed by atoms with Gasteiger partial charge >= 0.3 is 5.97 Å². The van der Waals surface area contributed by atoms with Crippen LogP contribution in [0.1, 0.15) is 21.7 Å². The molecular weight excluding hydrogens is 408 g/mol. The minimum atomic E-state index is -0.478. The van der Waals surface area contributed by atoms with Gasteiger partial charge in [-0.2, -0.15) is 0 Å². The molecule has 0 N–H and O–H groups in total. The van der Waals surface area contributed by atoms with E-state index in [2.05, 4.69) is 0 Å². The van der Waals surface area contributed by atoms with Gasteiger partial charge in [0, 0.05) is 6.07 Å². The van der Waals surface area contributed by atoms with E-state index in [1.165, 1.54) is 7.11 Å². The summed E-state index contributed by atoms with van der Waals surface area (Å²) in [5.41, 5.74) is 2.65. The zero-order valence-electron chi connectivity index (χ0n) is 18.2. The van der Waals surface area contributed by atoms with Crippen LogP contribution in [0.4, 0.5) is 0 Å². The van der Waals surface area contributed by atoms with Gasteiger partial charge in [0.05, 0.1) is 30.7 Å². The molecule has 0 bridgehead atoms. The number of hydrogen-bond donors (Lipinski definition) is 0. The van der Waals surface area contributed by atoms with Gasteiger partial charge in [-0.05, 0) is 55.8 Å². The van der Waals surface area contributed by atoms with Crippen LogP contribution < -0.4 is 19.6 Å². The van der Waals surface area contributed by atoms with Crippen molar-refractivity contribution in [3.05, 3.63) is 87.8 Å². The van der Waals surface area contributed by atoms with E-state index in [-0.39, 0.29) is 5.43 Å². The largest absolute Gasteiger partial charge is 0.493 e. The van der Waals surface area contributed by atoms with Gasteiger partial charge in [-0.15, -0.1) is 0 Å². The third kappa shape index (κ3) is 3.95. The molecular formula is C26H22O6. The molecule has 4 rings (SSSR count). The van der Waals surface area contributed by atoms with Crippen LogP contribution in [0.2, 0.25) is 0 Å². The molecule has 4 aromatic rings. The highest BCUT2D eigenvalue weighted by atomic mass is 16.5. The van der Waals surface area contributed by atoms with Crippen molar-refractivity contribution < 1.29 is 23.4 Å². The maximum Gasteiger partial charge on any atom is 0.343 e. The minimum absolute atomic E-state index is 0.187. The first-order valence-corrected chi connectivity index (χ1v) is 10.00. The van der Waals surface area contributed by atoms with Crippen molar-refractivity contribution in [3.63, 3.8) is 0 Å². The van der Waals surface area contributed by atoms with Crippen LogP contribution in [0, 0.1) is 13.8 Å². The third-order valence-corrected chi connectivity index (χ3v) is 5.18. The van der Waals surface area contributed by atoms with Gasteiger partial charge < -0.3 is 18.6 Å². The molecule has 0 saturated carbocycles. The summed E-state index contributed by atoms with van der Waals surface area (Å²) in [6.07, 6.45) is 0. The van der Waals surface area contributed by atoms with Crippen molar-refractivity contribution >= 4 is 16.9 Å². The van der Waals surface area contributed by atoms with Crippen molar-refractivity contribution in [2.24, 2.45) is 0 Å². The molecule has 6 nitrogen and oxygen atoms in total. The van der Waals surface area contributed by atoms with Crippen LogP contribution in [0.15, 0.2) is 69.9 Å². The molecule has 1 aromatic heterocycles. The van der Waals surface area contributed by atoms with E-state index >= 15 is 0 Å². The van der Waals surface area contributed by atoms with E-state index in [0.717, 1.165) is 5.56 Å². The van der Waals surface area contributed by atoms with Crippen LogP contribution in [-0.4, -0.2) is 20.2 Å². The lowest BCUT2D eigenvalue weighted by molar-refractivity contribution is 0.0735. The molecule has 0 spiro atoms. The zero-order valence-corrected chi connectivity index (χ0v) is 18.2. The zero-order chi connectivity index (χ0) is 22.8. The fourth-order valence-corrected chi connectivity index (χ4v) is 3.61. The highest BCUT2D eigenvalue weighted by molar-refractivity contribution is 5.92. The fourth-order valence-electron chi connectivity index (χ4n) is 3.61. The Morgan fingerprint density at radius 1 is 0.875 bits per heavy atom. The van der Waals surface area contributed by atoms with Crippen LogP contribution >= 0.6 is 0 Å². The van der Waals surface area contributed by atoms with Crippen molar-refractivity contribution in [1.29, 1.82) is 0 Å². The Hall–Kier alpha value is -4.06. The van der Waals surface area contributed by atoms with E-state index in [0.29, 0.717) is 50.7 Å². The van der Waals surface area contributed by atoms with Crippen LogP contribution in [0.5, 0.6) is 17.2 Å². The molecule has 0 aliphatic heterocycles. The normalized spacial score (nSPS) is 10.8. The molecule has 0 atom stereocenters. The number of methoxy groups -OCH3 is 2. The molecule has 0 aliphatic carbocycles. The summed E-state index contributed by atoms with van der Waals surface area (Å²) in [5.74, 6) is 1.35. The summed E-state index contributed by atoms with van der Waals surface area (Å²) in [5, 5.41) is 0.385. The molecule has 0 radical (unpaired) electrons. The van der Waals surface area contributed by atoms with Gasteiger partial charge in [-0.3, -0.25) is 4.79 Å². The van der Waals surface area contributed by atoms with E-state index in [4.69, 9.17) is 18.6 Å². The summed E-state index contributed by atoms with van der Waals surface area (Å²) >= 11 is 0. The predicted molar refractivity (Wildman–Crippen MR) is 122 cm³/mol.